The summed E-state index contributed by atoms with van der Waals surface area (Å²) >= 11 is 0. The number of methoxy groups -OCH3 is 2. The van der Waals surface area contributed by atoms with Gasteiger partial charge >= 0.3 is 12.2 Å². The molecule has 3 amide bonds. The van der Waals surface area contributed by atoms with Crippen molar-refractivity contribution in [3.05, 3.63) is 132 Å². The molecule has 60 heavy (non-hydrogen) atoms. The van der Waals surface area contributed by atoms with Gasteiger partial charge in [-0.25, -0.2) is 19.6 Å². The van der Waals surface area contributed by atoms with Crippen molar-refractivity contribution >= 4 is 18.1 Å². The summed E-state index contributed by atoms with van der Waals surface area (Å²) in [5, 5.41) is 7.49. The van der Waals surface area contributed by atoms with Gasteiger partial charge in [0, 0.05) is 18.7 Å². The van der Waals surface area contributed by atoms with Gasteiger partial charge in [-0.3, -0.25) is 19.6 Å². The van der Waals surface area contributed by atoms with Gasteiger partial charge in [0.1, 0.15) is 23.4 Å². The standard InChI is InChI=1S/C44H46N10O6/c1-58-43(56)51-36(28-11-5-3-6-12-28)27-60-54-22-10-16-38(54)41-48-26-35(50-41)34-25-45-32(23-46-34)29-17-19-30(20-18-29)33-24-47-40(49-33)37-15-9-21-53(37)42(55)39(52-44(57)59-2)31-13-7-4-8-14-31/h3-8,11-14,17-20,23-26,36-39H,9-10,15-16,21-22,27H2,1-2H3,(H,47,49)(H,48,50)(H,51,56)(H,52,57)/t36-,37-,38-,39+/m0/s1. The summed E-state index contributed by atoms with van der Waals surface area (Å²) in [5.74, 6) is 1.23. The molecule has 0 bridgehead atoms. The van der Waals surface area contributed by atoms with Crippen molar-refractivity contribution in [1.29, 1.82) is 0 Å². The molecule has 0 radical (unpaired) electrons. The first-order valence-electron chi connectivity index (χ1n) is 19.9. The average Bonchev–Trinajstić information content (AvgIpc) is 4.15. The van der Waals surface area contributed by atoms with E-state index in [0.717, 1.165) is 66.1 Å². The highest BCUT2D eigenvalue weighted by molar-refractivity contribution is 5.87. The number of hydrogen-bond donors (Lipinski definition) is 4. The molecule has 2 saturated heterocycles. The molecule has 3 aromatic carbocycles. The monoisotopic (exact) mass is 810 g/mol. The van der Waals surface area contributed by atoms with Gasteiger partial charge in [0.25, 0.3) is 5.91 Å². The maximum atomic E-state index is 13.9. The lowest BCUT2D eigenvalue weighted by atomic mass is 10.1. The van der Waals surface area contributed by atoms with Crippen molar-refractivity contribution in [2.24, 2.45) is 0 Å². The van der Waals surface area contributed by atoms with Crippen molar-refractivity contribution in [3.8, 4) is 33.9 Å². The van der Waals surface area contributed by atoms with Crippen LogP contribution in [0.3, 0.4) is 0 Å². The molecule has 0 unspecified atom stereocenters. The number of alkyl carbamates (subject to hydrolysis) is 2. The maximum Gasteiger partial charge on any atom is 0.407 e. The minimum absolute atomic E-state index is 0.0908. The number of carbonyl (C=O) groups is 3. The first-order valence-corrected chi connectivity index (χ1v) is 19.9. The van der Waals surface area contributed by atoms with Crippen molar-refractivity contribution in [1.82, 2.24) is 50.5 Å². The summed E-state index contributed by atoms with van der Waals surface area (Å²) in [6, 6.07) is 25.1. The molecule has 2 fully saturated rings. The highest BCUT2D eigenvalue weighted by atomic mass is 16.7. The summed E-state index contributed by atoms with van der Waals surface area (Å²) in [6.45, 7) is 1.50. The first kappa shape index (κ1) is 39.9. The number of carbonyl (C=O) groups excluding carboxylic acids is 3. The molecule has 2 aliphatic heterocycles. The Kier molecular flexibility index (Phi) is 12.2. The van der Waals surface area contributed by atoms with Crippen LogP contribution in [0.5, 0.6) is 0 Å². The fourth-order valence-electron chi connectivity index (χ4n) is 7.76. The van der Waals surface area contributed by atoms with E-state index in [0.29, 0.717) is 29.3 Å². The van der Waals surface area contributed by atoms with Crippen LogP contribution < -0.4 is 10.6 Å². The van der Waals surface area contributed by atoms with Crippen LogP contribution in [0.15, 0.2) is 110 Å². The quantitative estimate of drug-likeness (QED) is 0.0954. The molecule has 16 heteroatoms. The summed E-state index contributed by atoms with van der Waals surface area (Å²) in [7, 11) is 2.62. The minimum atomic E-state index is -0.886. The number of ether oxygens (including phenoxy) is 2. The second-order valence-corrected chi connectivity index (χ2v) is 14.6. The van der Waals surface area contributed by atoms with Gasteiger partial charge in [0.05, 0.1) is 80.8 Å². The zero-order valence-electron chi connectivity index (χ0n) is 33.3. The summed E-state index contributed by atoms with van der Waals surface area (Å²) in [6.07, 6.45) is 9.16. The molecule has 0 aliphatic carbocycles. The van der Waals surface area contributed by atoms with Crippen molar-refractivity contribution in [2.45, 2.75) is 49.9 Å². The smallest absolute Gasteiger partial charge is 0.407 e. The van der Waals surface area contributed by atoms with Gasteiger partial charge in [0.15, 0.2) is 0 Å². The number of likely N-dealkylation sites (tertiary alicyclic amines) is 1. The second kappa shape index (κ2) is 18.3. The topological polar surface area (TPSA) is 193 Å². The Morgan fingerprint density at radius 2 is 1.25 bits per heavy atom. The molecule has 2 aliphatic rings. The van der Waals surface area contributed by atoms with E-state index < -0.39 is 18.2 Å². The molecule has 0 spiro atoms. The Morgan fingerprint density at radius 1 is 0.667 bits per heavy atom. The van der Waals surface area contributed by atoms with Crippen LogP contribution in [0, 0.1) is 0 Å². The zero-order valence-corrected chi connectivity index (χ0v) is 33.3. The predicted octanol–water partition coefficient (Wildman–Crippen LogP) is 6.85. The third-order valence-electron chi connectivity index (χ3n) is 10.9. The number of nitrogens with zero attached hydrogens (tertiary/aromatic N) is 6. The van der Waals surface area contributed by atoms with Crippen LogP contribution in [-0.2, 0) is 19.1 Å². The van der Waals surface area contributed by atoms with Crippen LogP contribution in [0.4, 0.5) is 9.59 Å². The fourth-order valence-corrected chi connectivity index (χ4v) is 7.76. The van der Waals surface area contributed by atoms with Crippen molar-refractivity contribution in [2.75, 3.05) is 33.9 Å². The van der Waals surface area contributed by atoms with Gasteiger partial charge in [-0.1, -0.05) is 84.9 Å². The molecule has 4 N–H and O–H groups in total. The van der Waals surface area contributed by atoms with E-state index in [1.807, 2.05) is 90.0 Å². The van der Waals surface area contributed by atoms with Gasteiger partial charge < -0.3 is 35.0 Å². The van der Waals surface area contributed by atoms with E-state index >= 15 is 0 Å². The molecule has 16 nitrogen and oxygen atoms in total. The second-order valence-electron chi connectivity index (χ2n) is 14.6. The summed E-state index contributed by atoms with van der Waals surface area (Å²) < 4.78 is 9.67. The van der Waals surface area contributed by atoms with Crippen LogP contribution in [0.25, 0.3) is 33.9 Å². The number of aromatic nitrogens is 6. The largest absolute Gasteiger partial charge is 0.453 e. The lowest BCUT2D eigenvalue weighted by Gasteiger charge is -2.28. The van der Waals surface area contributed by atoms with Crippen LogP contribution in [-0.4, -0.2) is 91.9 Å². The number of H-pyrrole nitrogens is 2. The number of nitrogens with one attached hydrogen (secondary N) is 4. The summed E-state index contributed by atoms with van der Waals surface area (Å²) in [4.78, 5) is 71.9. The molecular weight excluding hydrogens is 765 g/mol. The van der Waals surface area contributed by atoms with Crippen molar-refractivity contribution < 1.29 is 28.7 Å². The van der Waals surface area contributed by atoms with Crippen LogP contribution >= 0.6 is 0 Å². The number of hydroxylamine groups is 2. The fraction of sp³-hybridized carbons (Fsp3) is 0.295. The Hall–Kier alpha value is -6.91. The Bertz CT molecular complexity index is 2370. The zero-order chi connectivity index (χ0) is 41.4. The highest BCUT2D eigenvalue weighted by Crippen LogP contribution is 2.35. The lowest BCUT2D eigenvalue weighted by Crippen LogP contribution is -2.42. The molecule has 3 aromatic heterocycles. The third kappa shape index (κ3) is 8.89. The SMILES string of the molecule is COC(=O)N[C@@H](CON1CCC[C@H]1c1ncc(-c2cnc(-c3ccc(-c4cnc([C@@H]5CCCN5C(=O)[C@H](NC(=O)OC)c5ccccc5)[nH]4)cc3)cn2)[nH]1)c1ccccc1. The number of hydrogen-bond acceptors (Lipinski definition) is 11. The maximum absolute atomic E-state index is 13.9. The molecule has 8 rings (SSSR count). The highest BCUT2D eigenvalue weighted by Gasteiger charge is 2.37. The summed E-state index contributed by atoms with van der Waals surface area (Å²) in [5.41, 5.74) is 6.35. The lowest BCUT2D eigenvalue weighted by molar-refractivity contribution is -0.177. The van der Waals surface area contributed by atoms with Gasteiger partial charge in [-0.2, -0.15) is 5.06 Å². The van der Waals surface area contributed by atoms with E-state index in [2.05, 4.69) is 30.6 Å². The Morgan fingerprint density at radius 3 is 1.95 bits per heavy atom. The van der Waals surface area contributed by atoms with E-state index in [4.69, 9.17) is 24.3 Å². The number of amides is 3. The number of aromatic amines is 2. The number of benzene rings is 3. The Balaban J connectivity index is 0.899. The Labute approximate surface area is 346 Å². The normalized spacial score (nSPS) is 17.5. The van der Waals surface area contributed by atoms with Crippen LogP contribution in [0.1, 0.15) is 72.6 Å². The average molecular weight is 811 g/mol. The van der Waals surface area contributed by atoms with E-state index in [9.17, 15) is 14.4 Å². The number of imidazole rings is 2. The molecule has 4 atom stereocenters. The van der Waals surface area contributed by atoms with E-state index in [-0.39, 0.29) is 30.6 Å². The van der Waals surface area contributed by atoms with Crippen molar-refractivity contribution in [3.63, 3.8) is 0 Å². The molecule has 5 heterocycles. The minimum Gasteiger partial charge on any atom is -0.453 e. The molecule has 308 valence electrons. The first-order chi connectivity index (χ1) is 29.4. The third-order valence-corrected chi connectivity index (χ3v) is 10.9. The number of rotatable bonds is 13. The molecular formula is C44H46N10O6. The van der Waals surface area contributed by atoms with E-state index in [1.165, 1.54) is 14.2 Å². The van der Waals surface area contributed by atoms with Gasteiger partial charge in [0.2, 0.25) is 0 Å². The molecule has 0 saturated carbocycles. The van der Waals surface area contributed by atoms with E-state index in [1.54, 1.807) is 29.7 Å². The predicted molar refractivity (Wildman–Crippen MR) is 220 cm³/mol. The molecule has 6 aromatic rings. The van der Waals surface area contributed by atoms with Crippen LogP contribution in [0.2, 0.25) is 0 Å². The van der Waals surface area contributed by atoms with Gasteiger partial charge in [-0.15, -0.1) is 0 Å². The van der Waals surface area contributed by atoms with Gasteiger partial charge in [-0.05, 0) is 42.4 Å².